The van der Waals surface area contributed by atoms with Gasteiger partial charge in [-0.25, -0.2) is 0 Å². The van der Waals surface area contributed by atoms with Gasteiger partial charge >= 0.3 is 0 Å². The Labute approximate surface area is 124 Å². The third kappa shape index (κ3) is 2.87. The molecule has 0 amide bonds. The second-order valence-corrected chi connectivity index (χ2v) is 4.52. The molecule has 0 bridgehead atoms. The van der Waals surface area contributed by atoms with Crippen LogP contribution in [-0.4, -0.2) is 20.0 Å². The lowest BCUT2D eigenvalue weighted by Crippen LogP contribution is -1.95. The van der Waals surface area contributed by atoms with Crippen LogP contribution >= 0.6 is 0 Å². The number of fused-ring (bicyclic) bond motifs is 1. The van der Waals surface area contributed by atoms with Crippen LogP contribution in [-0.2, 0) is 7.05 Å². The maximum atomic E-state index is 9.32. The third-order valence-corrected chi connectivity index (χ3v) is 3.21. The van der Waals surface area contributed by atoms with Crippen molar-refractivity contribution < 1.29 is 5.21 Å². The van der Waals surface area contributed by atoms with Gasteiger partial charge < -0.3 is 0 Å². The van der Waals surface area contributed by atoms with Crippen molar-refractivity contribution in [2.75, 3.05) is 5.48 Å². The van der Waals surface area contributed by atoms with Gasteiger partial charge in [0.25, 0.3) is 0 Å². The van der Waals surface area contributed by atoms with Crippen molar-refractivity contribution in [2.45, 2.75) is 20.8 Å². The van der Waals surface area contributed by atoms with E-state index in [4.69, 9.17) is 0 Å². The van der Waals surface area contributed by atoms with Crippen molar-refractivity contribution in [1.82, 2.24) is 14.8 Å². The zero-order chi connectivity index (χ0) is 15.4. The zero-order valence-corrected chi connectivity index (χ0v) is 12.8. The number of rotatable bonds is 2. The highest BCUT2D eigenvalue weighted by atomic mass is 16.5. The molecule has 0 fully saturated rings. The standard InChI is InChI=1S/C14H14N4O.C2H6/c1-9-5-10(3-4-15-9)12-7-14-11(6-13(12)17-19)8-16-18(14)2;1-2/h3-8,17,19H,1-2H3;1-2H3. The van der Waals surface area contributed by atoms with Gasteiger partial charge in [0.2, 0.25) is 0 Å². The lowest BCUT2D eigenvalue weighted by atomic mass is 10.0. The predicted octanol–water partition coefficient (Wildman–Crippen LogP) is 3.77. The second-order valence-electron chi connectivity index (χ2n) is 4.52. The summed E-state index contributed by atoms with van der Waals surface area (Å²) in [6, 6.07) is 7.80. The highest BCUT2D eigenvalue weighted by Crippen LogP contribution is 2.32. The molecule has 5 nitrogen and oxygen atoms in total. The van der Waals surface area contributed by atoms with Crippen molar-refractivity contribution in [1.29, 1.82) is 0 Å². The summed E-state index contributed by atoms with van der Waals surface area (Å²) < 4.78 is 1.81. The van der Waals surface area contributed by atoms with E-state index in [1.807, 2.05) is 56.8 Å². The van der Waals surface area contributed by atoms with E-state index in [1.165, 1.54) is 0 Å². The lowest BCUT2D eigenvalue weighted by molar-refractivity contribution is 0.389. The average molecular weight is 284 g/mol. The number of aryl methyl sites for hydroxylation is 2. The van der Waals surface area contributed by atoms with E-state index in [-0.39, 0.29) is 0 Å². The van der Waals surface area contributed by atoms with Gasteiger partial charge in [0.05, 0.1) is 17.4 Å². The summed E-state index contributed by atoms with van der Waals surface area (Å²) in [4.78, 5) is 4.19. The normalized spacial score (nSPS) is 10.1. The quantitative estimate of drug-likeness (QED) is 0.703. The van der Waals surface area contributed by atoms with Gasteiger partial charge in [0.1, 0.15) is 0 Å². The number of hydrogen-bond acceptors (Lipinski definition) is 4. The topological polar surface area (TPSA) is 63.0 Å². The largest absolute Gasteiger partial charge is 0.291 e. The average Bonchev–Trinajstić information content (AvgIpc) is 2.88. The summed E-state index contributed by atoms with van der Waals surface area (Å²) in [5.74, 6) is 0. The lowest BCUT2D eigenvalue weighted by Gasteiger charge is -2.10. The molecule has 3 rings (SSSR count). The minimum Gasteiger partial charge on any atom is -0.291 e. The van der Waals surface area contributed by atoms with E-state index in [1.54, 1.807) is 12.4 Å². The predicted molar refractivity (Wildman–Crippen MR) is 85.4 cm³/mol. The Morgan fingerprint density at radius 2 is 1.95 bits per heavy atom. The molecule has 0 saturated heterocycles. The Balaban J connectivity index is 0.000000774. The molecule has 0 atom stereocenters. The van der Waals surface area contributed by atoms with Crippen molar-refractivity contribution >= 4 is 16.6 Å². The fraction of sp³-hybridized carbons (Fsp3) is 0.250. The van der Waals surface area contributed by atoms with E-state index in [9.17, 15) is 5.21 Å². The van der Waals surface area contributed by atoms with Crippen LogP contribution < -0.4 is 5.48 Å². The molecular formula is C16H20N4O. The number of anilines is 1. The first kappa shape index (κ1) is 15.0. The number of aromatic nitrogens is 3. The maximum absolute atomic E-state index is 9.32. The molecule has 3 aromatic rings. The molecule has 0 unspecified atom stereocenters. The summed E-state index contributed by atoms with van der Waals surface area (Å²) in [6.07, 6.45) is 3.54. The van der Waals surface area contributed by atoms with Gasteiger partial charge in [-0.2, -0.15) is 5.10 Å². The van der Waals surface area contributed by atoms with Crippen LogP contribution in [0.3, 0.4) is 0 Å². The molecule has 0 spiro atoms. The number of hydrogen-bond donors (Lipinski definition) is 2. The van der Waals surface area contributed by atoms with Crippen LogP contribution in [0.25, 0.3) is 22.0 Å². The summed E-state index contributed by atoms with van der Waals surface area (Å²) in [5, 5.41) is 14.5. The van der Waals surface area contributed by atoms with Crippen LogP contribution in [0.1, 0.15) is 19.5 Å². The zero-order valence-electron chi connectivity index (χ0n) is 12.8. The number of nitrogens with zero attached hydrogens (tertiary/aromatic N) is 3. The van der Waals surface area contributed by atoms with Gasteiger partial charge in [-0.05, 0) is 36.8 Å². The molecule has 0 saturated carbocycles. The highest BCUT2D eigenvalue weighted by molar-refractivity contribution is 5.92. The SMILES string of the molecule is CC.Cc1cc(-c2cc3c(cnn3C)cc2NO)ccn1. The smallest absolute Gasteiger partial charge is 0.0688 e. The Bertz CT molecular complexity index is 749. The van der Waals surface area contributed by atoms with Crippen molar-refractivity contribution in [3.8, 4) is 11.1 Å². The second kappa shape index (κ2) is 6.37. The molecule has 2 aromatic heterocycles. The van der Waals surface area contributed by atoms with Crippen LogP contribution in [0.2, 0.25) is 0 Å². The Hall–Kier alpha value is -2.40. The molecule has 1 aromatic carbocycles. The molecule has 2 N–H and O–H groups in total. The Morgan fingerprint density at radius 3 is 2.62 bits per heavy atom. The fourth-order valence-corrected chi connectivity index (χ4v) is 2.24. The third-order valence-electron chi connectivity index (χ3n) is 3.21. The van der Waals surface area contributed by atoms with Gasteiger partial charge in [-0.15, -0.1) is 0 Å². The minimum atomic E-state index is 0.658. The Kier molecular flexibility index (Phi) is 4.55. The summed E-state index contributed by atoms with van der Waals surface area (Å²) in [7, 11) is 1.90. The van der Waals surface area contributed by atoms with Gasteiger partial charge in [0.15, 0.2) is 0 Å². The molecule has 0 aliphatic heterocycles. The van der Waals surface area contributed by atoms with E-state index in [2.05, 4.69) is 15.6 Å². The van der Waals surface area contributed by atoms with E-state index in [0.29, 0.717) is 5.69 Å². The van der Waals surface area contributed by atoms with Crippen LogP contribution in [0.15, 0.2) is 36.7 Å². The van der Waals surface area contributed by atoms with Crippen LogP contribution in [0, 0.1) is 6.92 Å². The molecule has 0 radical (unpaired) electrons. The summed E-state index contributed by atoms with van der Waals surface area (Å²) >= 11 is 0. The number of pyridine rings is 1. The minimum absolute atomic E-state index is 0.658. The Morgan fingerprint density at radius 1 is 1.19 bits per heavy atom. The van der Waals surface area contributed by atoms with Gasteiger partial charge in [0, 0.05) is 29.9 Å². The van der Waals surface area contributed by atoms with Crippen molar-refractivity contribution in [2.24, 2.45) is 7.05 Å². The maximum Gasteiger partial charge on any atom is 0.0688 e. The molecule has 5 heteroatoms. The highest BCUT2D eigenvalue weighted by Gasteiger charge is 2.09. The first-order valence-electron chi connectivity index (χ1n) is 6.98. The molecule has 2 heterocycles. The van der Waals surface area contributed by atoms with E-state index >= 15 is 0 Å². The first-order chi connectivity index (χ1) is 10.2. The summed E-state index contributed by atoms with van der Waals surface area (Å²) in [5.41, 5.74) is 6.80. The molecule has 110 valence electrons. The van der Waals surface area contributed by atoms with Gasteiger partial charge in [-0.1, -0.05) is 13.8 Å². The van der Waals surface area contributed by atoms with Crippen molar-refractivity contribution in [3.05, 3.63) is 42.4 Å². The molecule has 0 aliphatic carbocycles. The molecule has 21 heavy (non-hydrogen) atoms. The van der Waals surface area contributed by atoms with Crippen molar-refractivity contribution in [3.63, 3.8) is 0 Å². The van der Waals surface area contributed by atoms with Crippen LogP contribution in [0.4, 0.5) is 5.69 Å². The fourth-order valence-electron chi connectivity index (χ4n) is 2.24. The number of benzene rings is 1. The summed E-state index contributed by atoms with van der Waals surface area (Å²) in [6.45, 7) is 5.94. The number of nitrogens with one attached hydrogen (secondary N) is 1. The molecule has 0 aliphatic rings. The first-order valence-corrected chi connectivity index (χ1v) is 6.98. The monoisotopic (exact) mass is 284 g/mol. The van der Waals surface area contributed by atoms with Crippen LogP contribution in [0.5, 0.6) is 0 Å². The van der Waals surface area contributed by atoms with E-state index in [0.717, 1.165) is 27.7 Å². The molecular weight excluding hydrogens is 264 g/mol. The van der Waals surface area contributed by atoms with Gasteiger partial charge in [-0.3, -0.25) is 20.4 Å². The van der Waals surface area contributed by atoms with E-state index < -0.39 is 0 Å².